The van der Waals surface area contributed by atoms with E-state index in [1.807, 2.05) is 20.8 Å². The normalized spacial score (nSPS) is 13.4. The van der Waals surface area contributed by atoms with Crippen LogP contribution in [0.3, 0.4) is 0 Å². The number of nitrogens with zero attached hydrogens (tertiary/aromatic N) is 4. The molecule has 0 unspecified atom stereocenters. The topological polar surface area (TPSA) is 86.8 Å². The van der Waals surface area contributed by atoms with Crippen molar-refractivity contribution < 1.29 is 12.0 Å². The number of halogens is 1. The molecule has 0 saturated heterocycles. The van der Waals surface area contributed by atoms with E-state index in [0.717, 1.165) is 6.20 Å². The lowest BCUT2D eigenvalue weighted by Crippen LogP contribution is -2.50. The van der Waals surface area contributed by atoms with E-state index >= 15 is 0 Å². The standard InChI is InChI=1S/C19H23FN6O.2H2/c1-5-19(3,18(27)26(4)6-2)25-15-7-8-21-17(24-15)14-11-23-16-13(14)9-12(20)10-22-16;;/h7-11H,5-6H2,1-4H3,(H,22,23)(H,21,24,25);2*1H/t19-;;/m1../s1. The molecule has 1 atom stereocenters. The molecule has 1 amide bonds. The molecule has 0 saturated carbocycles. The molecule has 0 fully saturated rings. The number of hydrogen-bond acceptors (Lipinski definition) is 5. The van der Waals surface area contributed by atoms with Gasteiger partial charge in [0.2, 0.25) is 5.91 Å². The zero-order valence-corrected chi connectivity index (χ0v) is 15.9. The van der Waals surface area contributed by atoms with Gasteiger partial charge in [0, 0.05) is 39.8 Å². The molecule has 0 aliphatic rings. The Morgan fingerprint density at radius 1 is 1.41 bits per heavy atom. The van der Waals surface area contributed by atoms with Crippen LogP contribution in [-0.4, -0.2) is 49.9 Å². The second kappa shape index (κ2) is 7.30. The van der Waals surface area contributed by atoms with E-state index in [4.69, 9.17) is 0 Å². The maximum atomic E-state index is 13.6. The molecular formula is C19H27FN6O. The smallest absolute Gasteiger partial charge is 0.247 e. The Hall–Kier alpha value is -3.03. The van der Waals surface area contributed by atoms with Crippen LogP contribution in [0.2, 0.25) is 0 Å². The van der Waals surface area contributed by atoms with Crippen LogP contribution in [0.25, 0.3) is 22.4 Å². The van der Waals surface area contributed by atoms with Crippen LogP contribution in [0.1, 0.15) is 30.0 Å². The lowest BCUT2D eigenvalue weighted by molar-refractivity contribution is -0.134. The van der Waals surface area contributed by atoms with Gasteiger partial charge in [-0.25, -0.2) is 19.3 Å². The van der Waals surface area contributed by atoms with E-state index in [2.05, 4.69) is 25.3 Å². The van der Waals surface area contributed by atoms with E-state index in [0.29, 0.717) is 41.2 Å². The average molecular weight is 374 g/mol. The molecular weight excluding hydrogens is 347 g/mol. The van der Waals surface area contributed by atoms with Gasteiger partial charge in [0.15, 0.2) is 5.82 Å². The summed E-state index contributed by atoms with van der Waals surface area (Å²) >= 11 is 0. The second-order valence-corrected chi connectivity index (χ2v) is 6.65. The molecule has 0 aliphatic carbocycles. The zero-order chi connectivity index (χ0) is 19.6. The van der Waals surface area contributed by atoms with Gasteiger partial charge in [0.25, 0.3) is 0 Å². The quantitative estimate of drug-likeness (QED) is 0.687. The highest BCUT2D eigenvalue weighted by Crippen LogP contribution is 2.27. The fourth-order valence-corrected chi connectivity index (χ4v) is 2.86. The molecule has 0 aliphatic heterocycles. The number of fused-ring (bicyclic) bond motifs is 1. The lowest BCUT2D eigenvalue weighted by Gasteiger charge is -2.32. The van der Waals surface area contributed by atoms with Crippen molar-refractivity contribution in [3.05, 3.63) is 36.5 Å². The summed E-state index contributed by atoms with van der Waals surface area (Å²) in [5, 5.41) is 3.84. The van der Waals surface area contributed by atoms with E-state index in [1.54, 1.807) is 30.4 Å². The summed E-state index contributed by atoms with van der Waals surface area (Å²) in [6.45, 7) is 6.36. The third-order valence-electron chi connectivity index (χ3n) is 4.80. The first-order chi connectivity index (χ1) is 12.9. The number of pyridine rings is 1. The molecule has 27 heavy (non-hydrogen) atoms. The molecule has 3 aromatic heterocycles. The van der Waals surface area contributed by atoms with Crippen LogP contribution in [-0.2, 0) is 4.79 Å². The molecule has 3 aromatic rings. The number of amides is 1. The molecule has 3 rings (SSSR count). The Bertz CT molecular complexity index is 982. The summed E-state index contributed by atoms with van der Waals surface area (Å²) in [5.41, 5.74) is 0.423. The minimum Gasteiger partial charge on any atom is -0.356 e. The number of hydrogen-bond donors (Lipinski definition) is 2. The van der Waals surface area contributed by atoms with Gasteiger partial charge in [-0.15, -0.1) is 0 Å². The van der Waals surface area contributed by atoms with Gasteiger partial charge < -0.3 is 15.2 Å². The van der Waals surface area contributed by atoms with E-state index in [-0.39, 0.29) is 8.76 Å². The molecule has 146 valence electrons. The van der Waals surface area contributed by atoms with Crippen molar-refractivity contribution in [2.45, 2.75) is 32.7 Å². The van der Waals surface area contributed by atoms with E-state index in [9.17, 15) is 9.18 Å². The third-order valence-corrected chi connectivity index (χ3v) is 4.80. The highest BCUT2D eigenvalue weighted by atomic mass is 19.1. The van der Waals surface area contributed by atoms with Crippen molar-refractivity contribution in [1.82, 2.24) is 24.8 Å². The predicted molar refractivity (Wildman–Crippen MR) is 107 cm³/mol. The zero-order valence-electron chi connectivity index (χ0n) is 15.9. The molecule has 8 heteroatoms. The molecule has 7 nitrogen and oxygen atoms in total. The van der Waals surface area contributed by atoms with Gasteiger partial charge in [-0.1, -0.05) is 6.92 Å². The number of H-pyrrole nitrogens is 1. The molecule has 2 N–H and O–H groups in total. The van der Waals surface area contributed by atoms with Crippen LogP contribution in [0.15, 0.2) is 30.7 Å². The Balaban J connectivity index is 0.00000210. The average Bonchev–Trinajstić information content (AvgIpc) is 3.09. The number of carbonyl (C=O) groups excluding carboxylic acids is 1. The van der Waals surface area contributed by atoms with Crippen molar-refractivity contribution in [2.24, 2.45) is 0 Å². The van der Waals surface area contributed by atoms with Crippen LogP contribution < -0.4 is 5.32 Å². The molecule has 0 aromatic carbocycles. The van der Waals surface area contributed by atoms with Crippen LogP contribution in [0.4, 0.5) is 10.2 Å². The van der Waals surface area contributed by atoms with Gasteiger partial charge in [-0.2, -0.15) is 0 Å². The number of aromatic nitrogens is 4. The Morgan fingerprint density at radius 2 is 2.19 bits per heavy atom. The maximum absolute atomic E-state index is 13.6. The lowest BCUT2D eigenvalue weighted by atomic mass is 9.97. The molecule has 0 spiro atoms. The van der Waals surface area contributed by atoms with Crippen molar-refractivity contribution >= 4 is 22.8 Å². The van der Waals surface area contributed by atoms with Gasteiger partial charge >= 0.3 is 0 Å². The molecule has 0 bridgehead atoms. The SMILES string of the molecule is CCN(C)C(=O)[C@@](C)(CC)Nc1ccnc(-c2c[nH]c3ncc(F)cc23)n1.[HH].[HH]. The summed E-state index contributed by atoms with van der Waals surface area (Å²) < 4.78 is 13.6. The van der Waals surface area contributed by atoms with Crippen LogP contribution >= 0.6 is 0 Å². The first-order valence-corrected chi connectivity index (χ1v) is 8.87. The predicted octanol–water partition coefficient (Wildman–Crippen LogP) is 3.71. The fraction of sp³-hybridized carbons (Fsp3) is 0.368. The third kappa shape index (κ3) is 3.60. The maximum Gasteiger partial charge on any atom is 0.247 e. The summed E-state index contributed by atoms with van der Waals surface area (Å²) in [6.07, 6.45) is 5.06. The van der Waals surface area contributed by atoms with E-state index < -0.39 is 11.4 Å². The largest absolute Gasteiger partial charge is 0.356 e. The highest BCUT2D eigenvalue weighted by Gasteiger charge is 2.33. The van der Waals surface area contributed by atoms with Crippen molar-refractivity contribution in [3.8, 4) is 11.4 Å². The first kappa shape index (κ1) is 18.8. The Kier molecular flexibility index (Phi) is 5.07. The number of likely N-dealkylation sites (N-methyl/N-ethyl adjacent to an activating group) is 1. The fourth-order valence-electron chi connectivity index (χ4n) is 2.86. The summed E-state index contributed by atoms with van der Waals surface area (Å²) in [4.78, 5) is 30.2. The number of aromatic amines is 1. The van der Waals surface area contributed by atoms with Crippen molar-refractivity contribution in [2.75, 3.05) is 18.9 Å². The van der Waals surface area contributed by atoms with Crippen LogP contribution in [0, 0.1) is 5.82 Å². The van der Waals surface area contributed by atoms with E-state index in [1.165, 1.54) is 6.07 Å². The van der Waals surface area contributed by atoms with Gasteiger partial charge in [-0.05, 0) is 32.4 Å². The summed E-state index contributed by atoms with van der Waals surface area (Å²) in [6, 6.07) is 3.11. The number of carbonyl (C=O) groups is 1. The molecule has 3 heterocycles. The van der Waals surface area contributed by atoms with Crippen LogP contribution in [0.5, 0.6) is 0 Å². The Morgan fingerprint density at radius 3 is 2.89 bits per heavy atom. The first-order valence-electron chi connectivity index (χ1n) is 8.87. The number of nitrogens with one attached hydrogen (secondary N) is 2. The second-order valence-electron chi connectivity index (χ2n) is 6.65. The summed E-state index contributed by atoms with van der Waals surface area (Å²) in [5.74, 6) is 0.518. The Labute approximate surface area is 160 Å². The number of anilines is 1. The minimum atomic E-state index is -0.787. The van der Waals surface area contributed by atoms with Gasteiger partial charge in [0.1, 0.15) is 22.8 Å². The van der Waals surface area contributed by atoms with Gasteiger partial charge in [0.05, 0.1) is 6.20 Å². The summed E-state index contributed by atoms with van der Waals surface area (Å²) in [7, 11) is 1.77. The minimum absolute atomic E-state index is 0. The monoisotopic (exact) mass is 374 g/mol. The molecule has 0 radical (unpaired) electrons. The van der Waals surface area contributed by atoms with Crippen molar-refractivity contribution in [1.29, 1.82) is 0 Å². The van der Waals surface area contributed by atoms with Gasteiger partial charge in [-0.3, -0.25) is 4.79 Å². The highest BCUT2D eigenvalue weighted by molar-refractivity contribution is 5.92. The van der Waals surface area contributed by atoms with Crippen molar-refractivity contribution in [3.63, 3.8) is 0 Å². The number of rotatable bonds is 6.